The van der Waals surface area contributed by atoms with Crippen molar-refractivity contribution >= 4 is 0 Å². The van der Waals surface area contributed by atoms with E-state index in [2.05, 4.69) is 14.8 Å². The molecule has 4 heteroatoms. The first-order chi connectivity index (χ1) is 8.38. The second-order valence-electron chi connectivity index (χ2n) is 5.55. The molecule has 0 aliphatic heterocycles. The first kappa shape index (κ1) is 11.2. The van der Waals surface area contributed by atoms with E-state index in [0.717, 1.165) is 18.2 Å². The van der Waals surface area contributed by atoms with Gasteiger partial charge in [0.15, 0.2) is 0 Å². The van der Waals surface area contributed by atoms with Gasteiger partial charge in [-0.05, 0) is 18.8 Å². The van der Waals surface area contributed by atoms with Gasteiger partial charge in [-0.2, -0.15) is 0 Å². The van der Waals surface area contributed by atoms with Crippen molar-refractivity contribution in [3.8, 4) is 0 Å². The van der Waals surface area contributed by atoms with Crippen LogP contribution in [0.4, 0.5) is 0 Å². The summed E-state index contributed by atoms with van der Waals surface area (Å²) in [6.45, 7) is 0.522. The number of hydrogen-bond donors (Lipinski definition) is 1. The van der Waals surface area contributed by atoms with E-state index in [9.17, 15) is 0 Å². The van der Waals surface area contributed by atoms with Crippen molar-refractivity contribution < 1.29 is 0 Å². The Labute approximate surface area is 103 Å². The lowest BCUT2D eigenvalue weighted by Crippen LogP contribution is -2.15. The lowest BCUT2D eigenvalue weighted by atomic mass is 9.87. The van der Waals surface area contributed by atoms with E-state index in [1.54, 1.807) is 0 Å². The number of nitrogens with zero attached hydrogens (tertiary/aromatic N) is 3. The molecule has 1 aromatic rings. The van der Waals surface area contributed by atoms with Crippen LogP contribution in [-0.4, -0.2) is 14.8 Å². The SMILES string of the molecule is NCc1nnc(CC2CCCCC2)n1C1CC1. The second kappa shape index (κ2) is 4.77. The summed E-state index contributed by atoms with van der Waals surface area (Å²) in [6.07, 6.45) is 10.6. The predicted octanol–water partition coefficient (Wildman–Crippen LogP) is 2.19. The molecule has 0 saturated heterocycles. The van der Waals surface area contributed by atoms with Gasteiger partial charge in [-0.25, -0.2) is 0 Å². The van der Waals surface area contributed by atoms with Crippen LogP contribution < -0.4 is 5.73 Å². The summed E-state index contributed by atoms with van der Waals surface area (Å²) >= 11 is 0. The normalized spacial score (nSPS) is 21.9. The van der Waals surface area contributed by atoms with E-state index < -0.39 is 0 Å². The quantitative estimate of drug-likeness (QED) is 0.868. The van der Waals surface area contributed by atoms with Crippen molar-refractivity contribution in [2.75, 3.05) is 0 Å². The summed E-state index contributed by atoms with van der Waals surface area (Å²) < 4.78 is 2.33. The predicted molar refractivity (Wildman–Crippen MR) is 66.5 cm³/mol. The molecular weight excluding hydrogens is 212 g/mol. The first-order valence-corrected chi connectivity index (χ1v) is 7.01. The van der Waals surface area contributed by atoms with Gasteiger partial charge >= 0.3 is 0 Å². The van der Waals surface area contributed by atoms with Gasteiger partial charge in [0.2, 0.25) is 0 Å². The lowest BCUT2D eigenvalue weighted by molar-refractivity contribution is 0.347. The molecule has 0 spiro atoms. The number of aromatic nitrogens is 3. The molecule has 2 N–H and O–H groups in total. The van der Waals surface area contributed by atoms with Crippen molar-refractivity contribution in [2.24, 2.45) is 11.7 Å². The summed E-state index contributed by atoms with van der Waals surface area (Å²) in [5, 5.41) is 8.62. The van der Waals surface area contributed by atoms with Gasteiger partial charge in [-0.3, -0.25) is 0 Å². The Morgan fingerprint density at radius 2 is 1.71 bits per heavy atom. The highest BCUT2D eigenvalue weighted by molar-refractivity contribution is 5.03. The maximum Gasteiger partial charge on any atom is 0.147 e. The minimum atomic E-state index is 0.522. The van der Waals surface area contributed by atoms with Gasteiger partial charge in [0.05, 0.1) is 6.54 Å². The maximum absolute atomic E-state index is 5.74. The Balaban J connectivity index is 1.74. The third kappa shape index (κ3) is 2.37. The minimum Gasteiger partial charge on any atom is -0.324 e. The van der Waals surface area contributed by atoms with Gasteiger partial charge in [0.25, 0.3) is 0 Å². The molecule has 0 radical (unpaired) electrons. The molecule has 1 aromatic heterocycles. The van der Waals surface area contributed by atoms with Crippen LogP contribution in [0.3, 0.4) is 0 Å². The second-order valence-corrected chi connectivity index (χ2v) is 5.55. The zero-order chi connectivity index (χ0) is 11.7. The smallest absolute Gasteiger partial charge is 0.147 e. The topological polar surface area (TPSA) is 56.7 Å². The molecule has 2 aliphatic carbocycles. The highest BCUT2D eigenvalue weighted by Crippen LogP contribution is 2.37. The highest BCUT2D eigenvalue weighted by Gasteiger charge is 2.29. The summed E-state index contributed by atoms with van der Waals surface area (Å²) in [5.41, 5.74) is 5.74. The van der Waals surface area contributed by atoms with E-state index in [1.165, 1.54) is 50.8 Å². The molecule has 0 unspecified atom stereocenters. The molecule has 3 rings (SSSR count). The maximum atomic E-state index is 5.74. The Hall–Kier alpha value is -0.900. The van der Waals surface area contributed by atoms with E-state index in [0.29, 0.717) is 12.6 Å². The Kier molecular flexibility index (Phi) is 3.14. The fraction of sp³-hybridized carbons (Fsp3) is 0.846. The molecule has 0 bridgehead atoms. The summed E-state index contributed by atoms with van der Waals surface area (Å²) in [7, 11) is 0. The highest BCUT2D eigenvalue weighted by atomic mass is 15.3. The Morgan fingerprint density at radius 1 is 1.00 bits per heavy atom. The minimum absolute atomic E-state index is 0.522. The van der Waals surface area contributed by atoms with E-state index in [-0.39, 0.29) is 0 Å². The molecule has 2 fully saturated rings. The van der Waals surface area contributed by atoms with Crippen molar-refractivity contribution in [1.82, 2.24) is 14.8 Å². The molecule has 1 heterocycles. The van der Waals surface area contributed by atoms with Crippen molar-refractivity contribution in [1.29, 1.82) is 0 Å². The first-order valence-electron chi connectivity index (χ1n) is 7.01. The zero-order valence-corrected chi connectivity index (χ0v) is 10.4. The van der Waals surface area contributed by atoms with E-state index in [4.69, 9.17) is 5.73 Å². The van der Waals surface area contributed by atoms with Gasteiger partial charge < -0.3 is 10.3 Å². The Bertz CT molecular complexity index is 375. The van der Waals surface area contributed by atoms with Crippen LogP contribution in [0.1, 0.15) is 62.6 Å². The number of nitrogens with two attached hydrogens (primary N) is 1. The Morgan fingerprint density at radius 3 is 2.35 bits per heavy atom. The molecular formula is C13H22N4. The molecule has 0 atom stereocenters. The monoisotopic (exact) mass is 234 g/mol. The van der Waals surface area contributed by atoms with Crippen molar-refractivity contribution in [2.45, 2.75) is 64.0 Å². The van der Waals surface area contributed by atoms with Crippen LogP contribution in [0, 0.1) is 5.92 Å². The molecule has 17 heavy (non-hydrogen) atoms. The molecule has 94 valence electrons. The fourth-order valence-electron chi connectivity index (χ4n) is 3.04. The standard InChI is InChI=1S/C13H22N4/c14-9-13-16-15-12(17(13)11-6-7-11)8-10-4-2-1-3-5-10/h10-11H,1-9,14H2. The largest absolute Gasteiger partial charge is 0.324 e. The molecule has 4 nitrogen and oxygen atoms in total. The number of rotatable bonds is 4. The van der Waals surface area contributed by atoms with Crippen LogP contribution in [0.25, 0.3) is 0 Å². The van der Waals surface area contributed by atoms with Crippen LogP contribution >= 0.6 is 0 Å². The lowest BCUT2D eigenvalue weighted by Gasteiger charge is -2.21. The van der Waals surface area contributed by atoms with Gasteiger partial charge in [0.1, 0.15) is 11.6 Å². The van der Waals surface area contributed by atoms with Crippen LogP contribution in [-0.2, 0) is 13.0 Å². The summed E-state index contributed by atoms with van der Waals surface area (Å²) in [4.78, 5) is 0. The van der Waals surface area contributed by atoms with Crippen molar-refractivity contribution in [3.05, 3.63) is 11.6 Å². The van der Waals surface area contributed by atoms with E-state index >= 15 is 0 Å². The number of hydrogen-bond acceptors (Lipinski definition) is 3. The summed E-state index contributed by atoms with van der Waals surface area (Å²) in [6, 6.07) is 0.655. The van der Waals surface area contributed by atoms with Gasteiger partial charge in [-0.1, -0.05) is 32.1 Å². The zero-order valence-electron chi connectivity index (χ0n) is 10.4. The van der Waals surface area contributed by atoms with Crippen LogP contribution in [0.2, 0.25) is 0 Å². The van der Waals surface area contributed by atoms with Gasteiger partial charge in [-0.15, -0.1) is 10.2 Å². The molecule has 2 saturated carbocycles. The third-order valence-electron chi connectivity index (χ3n) is 4.13. The third-order valence-corrected chi connectivity index (χ3v) is 4.13. The summed E-state index contributed by atoms with van der Waals surface area (Å²) in [5.74, 6) is 3.01. The molecule has 2 aliphatic rings. The van der Waals surface area contributed by atoms with Crippen molar-refractivity contribution in [3.63, 3.8) is 0 Å². The van der Waals surface area contributed by atoms with Crippen LogP contribution in [0.15, 0.2) is 0 Å². The average Bonchev–Trinajstić information content (AvgIpc) is 3.13. The average molecular weight is 234 g/mol. The van der Waals surface area contributed by atoms with Gasteiger partial charge in [0, 0.05) is 12.5 Å². The molecule has 0 aromatic carbocycles. The molecule has 0 amide bonds. The van der Waals surface area contributed by atoms with E-state index in [1.807, 2.05) is 0 Å². The van der Waals surface area contributed by atoms with Crippen LogP contribution in [0.5, 0.6) is 0 Å². The fourth-order valence-corrected chi connectivity index (χ4v) is 3.04.